The lowest BCUT2D eigenvalue weighted by Gasteiger charge is -2.24. The van der Waals surface area contributed by atoms with Crippen molar-refractivity contribution in [3.63, 3.8) is 0 Å². The zero-order valence-corrected chi connectivity index (χ0v) is 9.07. The van der Waals surface area contributed by atoms with Crippen LogP contribution in [0.4, 0.5) is 0 Å². The minimum absolute atomic E-state index is 0.0243. The summed E-state index contributed by atoms with van der Waals surface area (Å²) in [7, 11) is 0. The molecule has 2 unspecified atom stereocenters. The molecule has 0 amide bonds. The Hall–Kier alpha value is -0.860. The molecule has 2 N–H and O–H groups in total. The Morgan fingerprint density at radius 3 is 2.07 bits per heavy atom. The van der Waals surface area contributed by atoms with Crippen molar-refractivity contribution < 1.29 is 5.11 Å². The third-order valence-electron chi connectivity index (χ3n) is 2.15. The summed E-state index contributed by atoms with van der Waals surface area (Å²) >= 11 is 0. The van der Waals surface area contributed by atoms with Crippen molar-refractivity contribution in [2.75, 3.05) is 0 Å². The number of nitrogens with one attached hydrogen (secondary N) is 1. The first-order chi connectivity index (χ1) is 6.61. The van der Waals surface area contributed by atoms with E-state index >= 15 is 0 Å². The van der Waals surface area contributed by atoms with Gasteiger partial charge in [0.25, 0.3) is 0 Å². The van der Waals surface area contributed by atoms with E-state index in [1.54, 1.807) is 0 Å². The van der Waals surface area contributed by atoms with Crippen LogP contribution in [0.15, 0.2) is 30.3 Å². The first kappa shape index (κ1) is 11.2. The van der Waals surface area contributed by atoms with Crippen molar-refractivity contribution in [2.45, 2.75) is 39.0 Å². The Bertz CT molecular complexity index is 256. The van der Waals surface area contributed by atoms with E-state index in [1.165, 1.54) is 0 Å². The molecule has 1 aromatic carbocycles. The molecule has 0 aromatic heterocycles. The second-order valence-electron chi connectivity index (χ2n) is 3.95. The third kappa shape index (κ3) is 3.13. The fourth-order valence-corrected chi connectivity index (χ4v) is 1.53. The van der Waals surface area contributed by atoms with Gasteiger partial charge in [-0.05, 0) is 12.5 Å². The molecule has 0 aliphatic rings. The standard InChI is InChI=1S/C12H19NO/c1-9(2)13-12(10(3)14)11-7-5-4-6-8-11/h4-10,12-14H,1-3H3. The summed E-state index contributed by atoms with van der Waals surface area (Å²) in [6.07, 6.45) is -0.375. The molecule has 0 spiro atoms. The maximum absolute atomic E-state index is 9.65. The molecule has 2 atom stereocenters. The number of rotatable bonds is 4. The van der Waals surface area contributed by atoms with Gasteiger partial charge < -0.3 is 10.4 Å². The molecule has 78 valence electrons. The van der Waals surface area contributed by atoms with Gasteiger partial charge in [-0.25, -0.2) is 0 Å². The summed E-state index contributed by atoms with van der Waals surface area (Å²) in [5.74, 6) is 0. The molecule has 0 aliphatic carbocycles. The lowest BCUT2D eigenvalue weighted by molar-refractivity contribution is 0.140. The highest BCUT2D eigenvalue weighted by Crippen LogP contribution is 2.16. The highest BCUT2D eigenvalue weighted by atomic mass is 16.3. The molecule has 1 aromatic rings. The van der Waals surface area contributed by atoms with E-state index in [-0.39, 0.29) is 12.1 Å². The van der Waals surface area contributed by atoms with E-state index in [9.17, 15) is 5.11 Å². The maximum atomic E-state index is 9.65. The van der Waals surface area contributed by atoms with Crippen molar-refractivity contribution in [3.8, 4) is 0 Å². The van der Waals surface area contributed by atoms with E-state index in [0.717, 1.165) is 5.56 Å². The number of aliphatic hydroxyl groups is 1. The second-order valence-corrected chi connectivity index (χ2v) is 3.95. The number of aliphatic hydroxyl groups excluding tert-OH is 1. The van der Waals surface area contributed by atoms with Crippen LogP contribution >= 0.6 is 0 Å². The lowest BCUT2D eigenvalue weighted by Crippen LogP contribution is -2.34. The molecule has 0 radical (unpaired) electrons. The average molecular weight is 193 g/mol. The van der Waals surface area contributed by atoms with E-state index in [1.807, 2.05) is 37.3 Å². The molecule has 1 rings (SSSR count). The predicted octanol–water partition coefficient (Wildman–Crippen LogP) is 2.11. The highest BCUT2D eigenvalue weighted by molar-refractivity contribution is 5.19. The molecule has 2 nitrogen and oxygen atoms in total. The van der Waals surface area contributed by atoms with Gasteiger partial charge in [-0.15, -0.1) is 0 Å². The van der Waals surface area contributed by atoms with Crippen LogP contribution in [0.25, 0.3) is 0 Å². The maximum Gasteiger partial charge on any atom is 0.0706 e. The Morgan fingerprint density at radius 2 is 1.64 bits per heavy atom. The van der Waals surface area contributed by atoms with Gasteiger partial charge in [0.05, 0.1) is 12.1 Å². The smallest absolute Gasteiger partial charge is 0.0706 e. The van der Waals surface area contributed by atoms with Crippen LogP contribution in [0.2, 0.25) is 0 Å². The lowest BCUT2D eigenvalue weighted by atomic mass is 10.0. The summed E-state index contributed by atoms with van der Waals surface area (Å²) in [6, 6.07) is 10.4. The van der Waals surface area contributed by atoms with Gasteiger partial charge in [-0.2, -0.15) is 0 Å². The Balaban J connectivity index is 2.78. The number of benzene rings is 1. The Kier molecular flexibility index (Phi) is 4.11. The SMILES string of the molecule is CC(C)NC(c1ccccc1)C(C)O. The topological polar surface area (TPSA) is 32.3 Å². The summed E-state index contributed by atoms with van der Waals surface area (Å²) in [4.78, 5) is 0. The van der Waals surface area contributed by atoms with Crippen LogP contribution in [0.1, 0.15) is 32.4 Å². The zero-order chi connectivity index (χ0) is 10.6. The molecular weight excluding hydrogens is 174 g/mol. The summed E-state index contributed by atoms with van der Waals surface area (Å²) in [6.45, 7) is 5.98. The molecule has 0 fully saturated rings. The molecular formula is C12H19NO. The summed E-state index contributed by atoms with van der Waals surface area (Å²) < 4.78 is 0. The summed E-state index contributed by atoms with van der Waals surface area (Å²) in [5.41, 5.74) is 1.14. The van der Waals surface area contributed by atoms with Gasteiger partial charge in [0.2, 0.25) is 0 Å². The van der Waals surface area contributed by atoms with Crippen LogP contribution in [0.3, 0.4) is 0 Å². The Morgan fingerprint density at radius 1 is 1.07 bits per heavy atom. The fraction of sp³-hybridized carbons (Fsp3) is 0.500. The van der Waals surface area contributed by atoms with Crippen molar-refractivity contribution in [2.24, 2.45) is 0 Å². The molecule has 0 saturated carbocycles. The Labute approximate surface area is 86.0 Å². The van der Waals surface area contributed by atoms with Crippen LogP contribution in [-0.4, -0.2) is 17.3 Å². The normalized spacial score (nSPS) is 15.5. The summed E-state index contributed by atoms with van der Waals surface area (Å²) in [5, 5.41) is 13.0. The predicted molar refractivity (Wildman–Crippen MR) is 59.1 cm³/mol. The van der Waals surface area contributed by atoms with Crippen molar-refractivity contribution in [1.82, 2.24) is 5.32 Å². The second kappa shape index (κ2) is 5.13. The van der Waals surface area contributed by atoms with E-state index < -0.39 is 0 Å². The largest absolute Gasteiger partial charge is 0.391 e. The molecule has 2 heteroatoms. The van der Waals surface area contributed by atoms with Crippen molar-refractivity contribution in [1.29, 1.82) is 0 Å². The van der Waals surface area contributed by atoms with Crippen molar-refractivity contribution >= 4 is 0 Å². The monoisotopic (exact) mass is 193 g/mol. The third-order valence-corrected chi connectivity index (χ3v) is 2.15. The fourth-order valence-electron chi connectivity index (χ4n) is 1.53. The van der Waals surface area contributed by atoms with Crippen LogP contribution in [0.5, 0.6) is 0 Å². The van der Waals surface area contributed by atoms with E-state index in [2.05, 4.69) is 19.2 Å². The average Bonchev–Trinajstić information content (AvgIpc) is 2.15. The molecule has 0 saturated heterocycles. The first-order valence-electron chi connectivity index (χ1n) is 5.10. The molecule has 0 heterocycles. The minimum atomic E-state index is -0.375. The van der Waals surface area contributed by atoms with E-state index in [4.69, 9.17) is 0 Å². The van der Waals surface area contributed by atoms with Gasteiger partial charge in [0, 0.05) is 6.04 Å². The first-order valence-corrected chi connectivity index (χ1v) is 5.10. The van der Waals surface area contributed by atoms with Crippen molar-refractivity contribution in [3.05, 3.63) is 35.9 Å². The molecule has 14 heavy (non-hydrogen) atoms. The van der Waals surface area contributed by atoms with Crippen LogP contribution in [0, 0.1) is 0 Å². The number of hydrogen-bond acceptors (Lipinski definition) is 2. The molecule has 0 bridgehead atoms. The number of hydrogen-bond donors (Lipinski definition) is 2. The van der Waals surface area contributed by atoms with Crippen LogP contribution < -0.4 is 5.32 Å². The van der Waals surface area contributed by atoms with Gasteiger partial charge in [0.15, 0.2) is 0 Å². The highest BCUT2D eigenvalue weighted by Gasteiger charge is 2.16. The minimum Gasteiger partial charge on any atom is -0.391 e. The van der Waals surface area contributed by atoms with E-state index in [0.29, 0.717) is 6.04 Å². The van der Waals surface area contributed by atoms with Gasteiger partial charge in [-0.1, -0.05) is 44.2 Å². The van der Waals surface area contributed by atoms with Gasteiger partial charge in [-0.3, -0.25) is 0 Å². The quantitative estimate of drug-likeness (QED) is 0.767. The zero-order valence-electron chi connectivity index (χ0n) is 9.07. The van der Waals surface area contributed by atoms with Gasteiger partial charge >= 0.3 is 0 Å². The molecule has 0 aliphatic heterocycles. The van der Waals surface area contributed by atoms with Gasteiger partial charge in [0.1, 0.15) is 0 Å². The van der Waals surface area contributed by atoms with Crippen LogP contribution in [-0.2, 0) is 0 Å².